The van der Waals surface area contributed by atoms with Crippen LogP contribution >= 0.6 is 23.4 Å². The molecule has 0 saturated carbocycles. The Labute approximate surface area is 178 Å². The number of hydrogen-bond donors (Lipinski definition) is 0. The van der Waals surface area contributed by atoms with Crippen molar-refractivity contribution >= 4 is 23.4 Å². The Morgan fingerprint density at radius 3 is 2.40 bits per heavy atom. The third-order valence-electron chi connectivity index (χ3n) is 4.11. The molecule has 0 N–H and O–H groups in total. The van der Waals surface area contributed by atoms with Crippen LogP contribution in [0.5, 0.6) is 0 Å². The molecule has 10 heteroatoms. The van der Waals surface area contributed by atoms with Crippen LogP contribution in [0.3, 0.4) is 0 Å². The highest BCUT2D eigenvalue weighted by molar-refractivity contribution is 7.98. The molecule has 0 amide bonds. The number of nitrogens with zero attached hydrogens (tertiary/aromatic N) is 4. The molecule has 0 radical (unpaired) electrons. The first-order valence-electron chi connectivity index (χ1n) is 8.78. The van der Waals surface area contributed by atoms with Gasteiger partial charge in [-0.05, 0) is 29.8 Å². The lowest BCUT2D eigenvalue weighted by Gasteiger charge is -2.13. The van der Waals surface area contributed by atoms with Gasteiger partial charge in [-0.2, -0.15) is 13.2 Å². The molecule has 5 nitrogen and oxygen atoms in total. The van der Waals surface area contributed by atoms with Crippen LogP contribution in [0.4, 0.5) is 13.2 Å². The van der Waals surface area contributed by atoms with Gasteiger partial charge in [0.15, 0.2) is 5.16 Å². The van der Waals surface area contributed by atoms with Gasteiger partial charge in [0.2, 0.25) is 11.8 Å². The molecule has 2 heterocycles. The summed E-state index contributed by atoms with van der Waals surface area (Å²) < 4.78 is 46.3. The lowest BCUT2D eigenvalue weighted by molar-refractivity contribution is -0.141. The maximum Gasteiger partial charge on any atom is 0.406 e. The van der Waals surface area contributed by atoms with E-state index >= 15 is 0 Å². The van der Waals surface area contributed by atoms with Gasteiger partial charge >= 0.3 is 6.18 Å². The normalized spacial score (nSPS) is 11.7. The zero-order valence-corrected chi connectivity index (χ0v) is 16.9. The van der Waals surface area contributed by atoms with Gasteiger partial charge in [-0.1, -0.05) is 53.7 Å². The fourth-order valence-electron chi connectivity index (χ4n) is 2.79. The molecule has 4 rings (SSSR count). The third-order valence-corrected chi connectivity index (χ3v) is 5.34. The Morgan fingerprint density at radius 2 is 1.70 bits per heavy atom. The summed E-state index contributed by atoms with van der Waals surface area (Å²) in [6.07, 6.45) is -2.94. The molecule has 0 aliphatic heterocycles. The van der Waals surface area contributed by atoms with E-state index in [2.05, 4.69) is 15.2 Å². The van der Waals surface area contributed by atoms with E-state index in [0.29, 0.717) is 27.7 Å². The van der Waals surface area contributed by atoms with E-state index in [1.165, 1.54) is 6.20 Å². The molecule has 2 aromatic heterocycles. The van der Waals surface area contributed by atoms with E-state index in [9.17, 15) is 13.2 Å². The minimum atomic E-state index is -4.38. The number of halogens is 4. The number of benzene rings is 2. The summed E-state index contributed by atoms with van der Waals surface area (Å²) >= 11 is 6.97. The van der Waals surface area contributed by atoms with Crippen molar-refractivity contribution < 1.29 is 17.6 Å². The molecule has 2 aromatic carbocycles. The van der Waals surface area contributed by atoms with Gasteiger partial charge in [0.1, 0.15) is 6.54 Å². The smallest absolute Gasteiger partial charge is 0.406 e. The molecule has 0 unspecified atom stereocenters. The minimum absolute atomic E-state index is 0.184. The monoisotopic (exact) mass is 450 g/mol. The molecule has 0 aliphatic carbocycles. The molecule has 0 fully saturated rings. The Balaban J connectivity index is 1.55. The van der Waals surface area contributed by atoms with Crippen molar-refractivity contribution in [1.82, 2.24) is 19.7 Å². The van der Waals surface area contributed by atoms with Crippen molar-refractivity contribution in [2.75, 3.05) is 0 Å². The summed E-state index contributed by atoms with van der Waals surface area (Å²) in [5, 5.41) is 8.76. The van der Waals surface area contributed by atoms with E-state index < -0.39 is 12.7 Å². The average molecular weight is 451 g/mol. The third kappa shape index (κ3) is 4.85. The summed E-state index contributed by atoms with van der Waals surface area (Å²) in [5.74, 6) is 0.780. The summed E-state index contributed by atoms with van der Waals surface area (Å²) in [4.78, 5) is 4.19. The van der Waals surface area contributed by atoms with Crippen LogP contribution in [0.2, 0.25) is 5.02 Å². The lowest BCUT2D eigenvalue weighted by atomic mass is 10.2. The largest absolute Gasteiger partial charge is 0.420 e. The standard InChI is InChI=1S/C20H14ClF3N4OS/c21-15-8-6-14(7-9-15)18-27-26-17(29-18)11-30-19-25-10-16(13-4-2-1-3-5-13)28(19)12-20(22,23)24/h1-10H,11-12H2. The first kappa shape index (κ1) is 20.5. The maximum atomic E-state index is 13.2. The number of hydrogen-bond acceptors (Lipinski definition) is 5. The molecule has 154 valence electrons. The van der Waals surface area contributed by atoms with Crippen molar-refractivity contribution in [3.63, 3.8) is 0 Å². The molecule has 0 bridgehead atoms. The Bertz CT molecular complexity index is 1130. The van der Waals surface area contributed by atoms with Crippen LogP contribution in [0.1, 0.15) is 5.89 Å². The zero-order chi connectivity index (χ0) is 21.1. The molecule has 30 heavy (non-hydrogen) atoms. The highest BCUT2D eigenvalue weighted by Gasteiger charge is 2.31. The van der Waals surface area contributed by atoms with Gasteiger partial charge < -0.3 is 8.98 Å². The van der Waals surface area contributed by atoms with Gasteiger partial charge in [0, 0.05) is 10.6 Å². The predicted octanol–water partition coefficient (Wildman–Crippen LogP) is 6.11. The van der Waals surface area contributed by atoms with Crippen molar-refractivity contribution in [2.45, 2.75) is 23.6 Å². The second-order valence-electron chi connectivity index (χ2n) is 6.29. The fourth-order valence-corrected chi connectivity index (χ4v) is 3.73. The van der Waals surface area contributed by atoms with Gasteiger partial charge in [-0.25, -0.2) is 4.98 Å². The van der Waals surface area contributed by atoms with E-state index in [4.69, 9.17) is 16.0 Å². The Kier molecular flexibility index (Phi) is 5.83. The first-order chi connectivity index (χ1) is 14.4. The summed E-state index contributed by atoms with van der Waals surface area (Å²) in [6.45, 7) is -1.14. The van der Waals surface area contributed by atoms with Gasteiger partial charge in [0.25, 0.3) is 0 Å². The Hall–Kier alpha value is -2.78. The SMILES string of the molecule is FC(F)(F)Cn1c(-c2ccccc2)cnc1SCc1nnc(-c2ccc(Cl)cc2)o1. The van der Waals surface area contributed by atoms with E-state index in [0.717, 1.165) is 16.3 Å². The van der Waals surface area contributed by atoms with Crippen LogP contribution in [-0.4, -0.2) is 25.9 Å². The highest BCUT2D eigenvalue weighted by Crippen LogP contribution is 2.31. The fraction of sp³-hybridized carbons (Fsp3) is 0.150. The van der Waals surface area contributed by atoms with Crippen molar-refractivity contribution in [3.8, 4) is 22.7 Å². The van der Waals surface area contributed by atoms with Crippen molar-refractivity contribution in [1.29, 1.82) is 0 Å². The van der Waals surface area contributed by atoms with Crippen molar-refractivity contribution in [2.24, 2.45) is 0 Å². The van der Waals surface area contributed by atoms with Gasteiger partial charge in [-0.15, -0.1) is 10.2 Å². The second-order valence-corrected chi connectivity index (χ2v) is 7.67. The molecule has 0 saturated heterocycles. The lowest BCUT2D eigenvalue weighted by Crippen LogP contribution is -2.19. The van der Waals surface area contributed by atoms with Crippen molar-refractivity contribution in [3.05, 3.63) is 71.7 Å². The molecular weight excluding hydrogens is 437 g/mol. The van der Waals surface area contributed by atoms with Crippen LogP contribution in [0.15, 0.2) is 70.4 Å². The number of thioether (sulfide) groups is 1. The average Bonchev–Trinajstić information content (AvgIpc) is 3.34. The van der Waals surface area contributed by atoms with Crippen LogP contribution in [0.25, 0.3) is 22.7 Å². The predicted molar refractivity (Wildman–Crippen MR) is 108 cm³/mol. The Morgan fingerprint density at radius 1 is 0.967 bits per heavy atom. The molecular formula is C20H14ClF3N4OS. The molecule has 0 aliphatic rings. The highest BCUT2D eigenvalue weighted by atomic mass is 35.5. The van der Waals surface area contributed by atoms with Crippen LogP contribution < -0.4 is 0 Å². The van der Waals surface area contributed by atoms with E-state index in [-0.39, 0.29) is 16.8 Å². The zero-order valence-electron chi connectivity index (χ0n) is 15.3. The minimum Gasteiger partial charge on any atom is -0.420 e. The summed E-state index contributed by atoms with van der Waals surface area (Å²) in [5.41, 5.74) is 1.75. The summed E-state index contributed by atoms with van der Waals surface area (Å²) in [7, 11) is 0. The van der Waals surface area contributed by atoms with E-state index in [1.54, 1.807) is 54.6 Å². The van der Waals surface area contributed by atoms with Crippen LogP contribution in [0, 0.1) is 0 Å². The first-order valence-corrected chi connectivity index (χ1v) is 10.1. The molecule has 0 spiro atoms. The quantitative estimate of drug-likeness (QED) is 0.332. The second kappa shape index (κ2) is 8.53. The van der Waals surface area contributed by atoms with Gasteiger partial charge in [0.05, 0.1) is 17.6 Å². The molecule has 0 atom stereocenters. The number of imidazole rings is 1. The van der Waals surface area contributed by atoms with Crippen LogP contribution in [-0.2, 0) is 12.3 Å². The van der Waals surface area contributed by atoms with Gasteiger partial charge in [-0.3, -0.25) is 0 Å². The molecule has 4 aromatic rings. The summed E-state index contributed by atoms with van der Waals surface area (Å²) in [6, 6.07) is 15.7. The van der Waals surface area contributed by atoms with E-state index in [1.807, 2.05) is 0 Å². The number of alkyl halides is 3. The number of aromatic nitrogens is 4. The maximum absolute atomic E-state index is 13.2. The number of rotatable bonds is 6. The topological polar surface area (TPSA) is 56.7 Å².